The molecule has 1 saturated heterocycles. The van der Waals surface area contributed by atoms with Gasteiger partial charge in [-0.2, -0.15) is 0 Å². The first-order chi connectivity index (χ1) is 9.81. The standard InChI is InChI=1S/C18H21NO/c20-18(12-19-11-13-8-9-15(19)10-13)17-7-3-5-14-4-1-2-6-16(14)17/h1-7,13,15,18,20H,8-12H2. The summed E-state index contributed by atoms with van der Waals surface area (Å²) in [6.07, 6.45) is 3.70. The lowest BCUT2D eigenvalue weighted by Crippen LogP contribution is -2.35. The van der Waals surface area contributed by atoms with Gasteiger partial charge in [-0.3, -0.25) is 4.90 Å². The van der Waals surface area contributed by atoms with Crippen molar-refractivity contribution in [1.29, 1.82) is 0 Å². The molecule has 1 aliphatic heterocycles. The fraction of sp³-hybridized carbons (Fsp3) is 0.444. The summed E-state index contributed by atoms with van der Waals surface area (Å²) in [7, 11) is 0. The smallest absolute Gasteiger partial charge is 0.0923 e. The molecule has 1 heterocycles. The molecule has 104 valence electrons. The van der Waals surface area contributed by atoms with Crippen LogP contribution >= 0.6 is 0 Å². The largest absolute Gasteiger partial charge is 0.387 e. The zero-order chi connectivity index (χ0) is 13.5. The average Bonchev–Trinajstić information content (AvgIpc) is 3.09. The van der Waals surface area contributed by atoms with E-state index >= 15 is 0 Å². The number of fused-ring (bicyclic) bond motifs is 3. The predicted molar refractivity (Wildman–Crippen MR) is 81.6 cm³/mol. The van der Waals surface area contributed by atoms with Gasteiger partial charge >= 0.3 is 0 Å². The van der Waals surface area contributed by atoms with E-state index < -0.39 is 0 Å². The summed E-state index contributed by atoms with van der Waals surface area (Å²) in [5, 5.41) is 13.1. The van der Waals surface area contributed by atoms with E-state index in [0.29, 0.717) is 0 Å². The van der Waals surface area contributed by atoms with Crippen molar-refractivity contribution in [2.45, 2.75) is 31.4 Å². The van der Waals surface area contributed by atoms with Crippen LogP contribution in [0.1, 0.15) is 30.9 Å². The monoisotopic (exact) mass is 267 g/mol. The van der Waals surface area contributed by atoms with Crippen molar-refractivity contribution in [3.8, 4) is 0 Å². The molecule has 2 heteroatoms. The Bertz CT molecular complexity index is 618. The van der Waals surface area contributed by atoms with Crippen molar-refractivity contribution in [2.75, 3.05) is 13.1 Å². The molecule has 1 aliphatic carbocycles. The quantitative estimate of drug-likeness (QED) is 0.921. The van der Waals surface area contributed by atoms with E-state index in [1.165, 1.54) is 36.6 Å². The van der Waals surface area contributed by atoms with Crippen molar-refractivity contribution in [2.24, 2.45) is 5.92 Å². The van der Waals surface area contributed by atoms with E-state index in [0.717, 1.165) is 24.1 Å². The van der Waals surface area contributed by atoms with Crippen LogP contribution in [0.4, 0.5) is 0 Å². The highest BCUT2D eigenvalue weighted by atomic mass is 16.3. The van der Waals surface area contributed by atoms with Gasteiger partial charge in [0.05, 0.1) is 6.10 Å². The van der Waals surface area contributed by atoms with Gasteiger partial charge in [0.15, 0.2) is 0 Å². The van der Waals surface area contributed by atoms with Crippen molar-refractivity contribution in [1.82, 2.24) is 4.90 Å². The maximum absolute atomic E-state index is 10.7. The Balaban J connectivity index is 1.59. The van der Waals surface area contributed by atoms with Crippen LogP contribution in [0.2, 0.25) is 0 Å². The summed E-state index contributed by atoms with van der Waals surface area (Å²) in [5.74, 6) is 0.889. The maximum atomic E-state index is 10.7. The molecule has 2 nitrogen and oxygen atoms in total. The van der Waals surface area contributed by atoms with Crippen LogP contribution < -0.4 is 0 Å². The van der Waals surface area contributed by atoms with Crippen molar-refractivity contribution in [3.63, 3.8) is 0 Å². The third kappa shape index (κ3) is 2.04. The maximum Gasteiger partial charge on any atom is 0.0923 e. The molecule has 4 rings (SSSR count). The van der Waals surface area contributed by atoms with Crippen molar-refractivity contribution < 1.29 is 5.11 Å². The van der Waals surface area contributed by atoms with Crippen LogP contribution in [0.3, 0.4) is 0 Å². The van der Waals surface area contributed by atoms with Crippen LogP contribution in [0.5, 0.6) is 0 Å². The van der Waals surface area contributed by atoms with E-state index in [-0.39, 0.29) is 6.10 Å². The molecular weight excluding hydrogens is 246 g/mol. The molecule has 2 aromatic rings. The number of nitrogens with zero attached hydrogens (tertiary/aromatic N) is 1. The molecule has 3 unspecified atom stereocenters. The number of hydrogen-bond acceptors (Lipinski definition) is 2. The fourth-order valence-electron chi connectivity index (χ4n) is 4.11. The first-order valence-electron chi connectivity index (χ1n) is 7.71. The predicted octanol–water partition coefficient (Wildman–Crippen LogP) is 3.36. The summed E-state index contributed by atoms with van der Waals surface area (Å²) in [6, 6.07) is 15.3. The van der Waals surface area contributed by atoms with E-state index in [1.54, 1.807) is 0 Å². The van der Waals surface area contributed by atoms with Gasteiger partial charge < -0.3 is 5.11 Å². The van der Waals surface area contributed by atoms with E-state index in [2.05, 4.69) is 47.4 Å². The first-order valence-corrected chi connectivity index (χ1v) is 7.71. The van der Waals surface area contributed by atoms with E-state index in [4.69, 9.17) is 0 Å². The molecule has 2 fully saturated rings. The number of likely N-dealkylation sites (tertiary alicyclic amines) is 1. The molecule has 0 spiro atoms. The van der Waals surface area contributed by atoms with Gasteiger partial charge in [-0.05, 0) is 41.5 Å². The number of rotatable bonds is 3. The molecule has 0 radical (unpaired) electrons. The lowest BCUT2D eigenvalue weighted by Gasteiger charge is -2.29. The molecule has 20 heavy (non-hydrogen) atoms. The molecule has 0 amide bonds. The number of piperidine rings is 1. The zero-order valence-electron chi connectivity index (χ0n) is 11.7. The van der Waals surface area contributed by atoms with E-state index in [9.17, 15) is 5.11 Å². The Morgan fingerprint density at radius 3 is 2.75 bits per heavy atom. The second-order valence-electron chi connectivity index (χ2n) is 6.37. The molecule has 0 aromatic heterocycles. The highest BCUT2D eigenvalue weighted by Crippen LogP contribution is 2.38. The fourth-order valence-corrected chi connectivity index (χ4v) is 4.11. The Morgan fingerprint density at radius 1 is 1.10 bits per heavy atom. The van der Waals surface area contributed by atoms with Crippen LogP contribution in [0, 0.1) is 5.92 Å². The minimum atomic E-state index is -0.375. The SMILES string of the molecule is OC(CN1CC2CCC1C2)c1cccc2ccccc12. The lowest BCUT2D eigenvalue weighted by molar-refractivity contribution is 0.0956. The number of benzene rings is 2. The van der Waals surface area contributed by atoms with Crippen LogP contribution in [-0.2, 0) is 0 Å². The Hall–Kier alpha value is -1.38. The molecule has 2 bridgehead atoms. The number of aliphatic hydroxyl groups excluding tert-OH is 1. The van der Waals surface area contributed by atoms with Gasteiger partial charge in [0.1, 0.15) is 0 Å². The lowest BCUT2D eigenvalue weighted by atomic mass is 9.99. The molecule has 2 aliphatic rings. The number of aliphatic hydroxyl groups is 1. The molecular formula is C18H21NO. The number of hydrogen-bond donors (Lipinski definition) is 1. The Morgan fingerprint density at radius 2 is 1.95 bits per heavy atom. The third-order valence-corrected chi connectivity index (χ3v) is 5.11. The minimum absolute atomic E-state index is 0.375. The van der Waals surface area contributed by atoms with Crippen LogP contribution in [0.25, 0.3) is 10.8 Å². The van der Waals surface area contributed by atoms with Crippen molar-refractivity contribution in [3.05, 3.63) is 48.0 Å². The molecule has 2 aromatic carbocycles. The van der Waals surface area contributed by atoms with Crippen molar-refractivity contribution >= 4 is 10.8 Å². The van der Waals surface area contributed by atoms with Gasteiger partial charge in [-0.15, -0.1) is 0 Å². The summed E-state index contributed by atoms with van der Waals surface area (Å²) in [5.41, 5.74) is 1.07. The van der Waals surface area contributed by atoms with Crippen LogP contribution in [-0.4, -0.2) is 29.1 Å². The average molecular weight is 267 g/mol. The molecule has 1 saturated carbocycles. The first kappa shape index (κ1) is 12.4. The summed E-state index contributed by atoms with van der Waals surface area (Å²) < 4.78 is 0. The Kier molecular flexibility index (Phi) is 3.01. The summed E-state index contributed by atoms with van der Waals surface area (Å²) >= 11 is 0. The molecule has 1 N–H and O–H groups in total. The second-order valence-corrected chi connectivity index (χ2v) is 6.37. The number of β-amino-alcohol motifs (C(OH)–C–C–N with tert-alkyl or cyclic N) is 1. The highest BCUT2D eigenvalue weighted by molar-refractivity contribution is 5.85. The highest BCUT2D eigenvalue weighted by Gasteiger charge is 2.38. The Labute approximate surface area is 120 Å². The topological polar surface area (TPSA) is 23.5 Å². The summed E-state index contributed by atoms with van der Waals surface area (Å²) in [6.45, 7) is 1.97. The summed E-state index contributed by atoms with van der Waals surface area (Å²) in [4.78, 5) is 2.50. The van der Waals surface area contributed by atoms with Gasteiger partial charge in [0, 0.05) is 19.1 Å². The van der Waals surface area contributed by atoms with Gasteiger partial charge in [-0.25, -0.2) is 0 Å². The normalized spacial score (nSPS) is 27.2. The second kappa shape index (κ2) is 4.87. The molecule has 3 atom stereocenters. The third-order valence-electron chi connectivity index (χ3n) is 5.11. The zero-order valence-corrected chi connectivity index (χ0v) is 11.7. The van der Waals surface area contributed by atoms with E-state index in [1.807, 2.05) is 0 Å². The minimum Gasteiger partial charge on any atom is -0.387 e. The van der Waals surface area contributed by atoms with Gasteiger partial charge in [-0.1, -0.05) is 42.5 Å². The van der Waals surface area contributed by atoms with Gasteiger partial charge in [0.25, 0.3) is 0 Å². The van der Waals surface area contributed by atoms with Crippen LogP contribution in [0.15, 0.2) is 42.5 Å². The van der Waals surface area contributed by atoms with Gasteiger partial charge in [0.2, 0.25) is 0 Å².